The van der Waals surface area contributed by atoms with E-state index in [1.807, 2.05) is 0 Å². The normalized spacial score (nSPS) is 12.1. The Bertz CT molecular complexity index is 1050. The molecule has 0 saturated carbocycles. The smallest absolute Gasteiger partial charge is 0.417 e. The SMILES string of the molecule is CC(C)(O)CNC(=O)Cc1ccc2cc(Oc3ccc(C(F)(F)F)cn3)ccc2n1. The largest absolute Gasteiger partial charge is 0.439 e. The number of ether oxygens (including phenoxy) is 1. The van der Waals surface area contributed by atoms with Crippen LogP contribution in [0.5, 0.6) is 11.6 Å². The molecular weight excluding hydrogens is 399 g/mol. The highest BCUT2D eigenvalue weighted by Crippen LogP contribution is 2.30. The number of hydrogen-bond donors (Lipinski definition) is 2. The van der Waals surface area contributed by atoms with Crippen molar-refractivity contribution in [2.24, 2.45) is 0 Å². The monoisotopic (exact) mass is 419 g/mol. The fourth-order valence-electron chi connectivity index (χ4n) is 2.58. The van der Waals surface area contributed by atoms with Crippen LogP contribution in [-0.2, 0) is 17.4 Å². The van der Waals surface area contributed by atoms with Crippen LogP contribution in [0.25, 0.3) is 10.9 Å². The van der Waals surface area contributed by atoms with Gasteiger partial charge in [-0.25, -0.2) is 4.98 Å². The Hall–Kier alpha value is -3.20. The van der Waals surface area contributed by atoms with E-state index in [1.54, 1.807) is 44.2 Å². The highest BCUT2D eigenvalue weighted by Gasteiger charge is 2.30. The van der Waals surface area contributed by atoms with E-state index < -0.39 is 17.3 Å². The fourth-order valence-corrected chi connectivity index (χ4v) is 2.58. The molecule has 0 unspecified atom stereocenters. The number of aliphatic hydroxyl groups is 1. The summed E-state index contributed by atoms with van der Waals surface area (Å²) in [7, 11) is 0. The molecule has 1 amide bonds. The van der Waals surface area contributed by atoms with E-state index in [9.17, 15) is 23.1 Å². The van der Waals surface area contributed by atoms with Crippen LogP contribution >= 0.6 is 0 Å². The third kappa shape index (κ3) is 5.90. The van der Waals surface area contributed by atoms with Crippen LogP contribution in [0.1, 0.15) is 25.1 Å². The van der Waals surface area contributed by atoms with Crippen molar-refractivity contribution in [3.8, 4) is 11.6 Å². The van der Waals surface area contributed by atoms with Gasteiger partial charge in [-0.3, -0.25) is 9.78 Å². The highest BCUT2D eigenvalue weighted by atomic mass is 19.4. The summed E-state index contributed by atoms with van der Waals surface area (Å²) in [5, 5.41) is 13.0. The van der Waals surface area contributed by atoms with Crippen molar-refractivity contribution in [3.63, 3.8) is 0 Å². The molecule has 3 rings (SSSR count). The van der Waals surface area contributed by atoms with Gasteiger partial charge >= 0.3 is 6.18 Å². The Balaban J connectivity index is 1.68. The van der Waals surface area contributed by atoms with Crippen LogP contribution < -0.4 is 10.1 Å². The standard InChI is InChI=1S/C21H20F3N3O3/c1-20(2,29)12-26-18(28)10-15-5-3-13-9-16(6-7-17(13)27-15)30-19-8-4-14(11-25-19)21(22,23)24/h3-9,11,29H,10,12H2,1-2H3,(H,26,28). The molecule has 0 fully saturated rings. The average molecular weight is 419 g/mol. The third-order valence-electron chi connectivity index (χ3n) is 4.06. The van der Waals surface area contributed by atoms with Crippen LogP contribution in [0.3, 0.4) is 0 Å². The molecule has 0 bridgehead atoms. The third-order valence-corrected chi connectivity index (χ3v) is 4.06. The molecule has 6 nitrogen and oxygen atoms in total. The number of alkyl halides is 3. The summed E-state index contributed by atoms with van der Waals surface area (Å²) >= 11 is 0. The summed E-state index contributed by atoms with van der Waals surface area (Å²) in [5.41, 5.74) is -0.647. The number of nitrogens with zero attached hydrogens (tertiary/aromatic N) is 2. The predicted molar refractivity (Wildman–Crippen MR) is 104 cm³/mol. The molecule has 0 aliphatic rings. The Morgan fingerprint density at radius 1 is 1.13 bits per heavy atom. The lowest BCUT2D eigenvalue weighted by Gasteiger charge is -2.17. The van der Waals surface area contributed by atoms with E-state index in [0.29, 0.717) is 23.2 Å². The van der Waals surface area contributed by atoms with Crippen molar-refractivity contribution in [1.82, 2.24) is 15.3 Å². The number of aromatic nitrogens is 2. The van der Waals surface area contributed by atoms with E-state index in [2.05, 4.69) is 15.3 Å². The van der Waals surface area contributed by atoms with Crippen molar-refractivity contribution in [2.75, 3.05) is 6.54 Å². The van der Waals surface area contributed by atoms with Gasteiger partial charge in [0.25, 0.3) is 0 Å². The summed E-state index contributed by atoms with van der Waals surface area (Å²) in [6.45, 7) is 3.33. The zero-order valence-electron chi connectivity index (χ0n) is 16.3. The minimum absolute atomic E-state index is 0.0374. The van der Waals surface area contributed by atoms with E-state index in [-0.39, 0.29) is 24.8 Å². The molecule has 30 heavy (non-hydrogen) atoms. The topological polar surface area (TPSA) is 84.3 Å². The van der Waals surface area contributed by atoms with Gasteiger partial charge in [-0.05, 0) is 44.2 Å². The summed E-state index contributed by atoms with van der Waals surface area (Å²) in [6, 6.07) is 10.5. The molecular formula is C21H20F3N3O3. The first-order chi connectivity index (χ1) is 14.0. The van der Waals surface area contributed by atoms with E-state index in [0.717, 1.165) is 17.5 Å². The summed E-state index contributed by atoms with van der Waals surface area (Å²) < 4.78 is 43.3. The average Bonchev–Trinajstić information content (AvgIpc) is 2.66. The van der Waals surface area contributed by atoms with Gasteiger partial charge in [-0.1, -0.05) is 6.07 Å². The Morgan fingerprint density at radius 2 is 1.90 bits per heavy atom. The first-order valence-electron chi connectivity index (χ1n) is 9.09. The predicted octanol–water partition coefficient (Wildman–Crippen LogP) is 3.87. The number of nitrogens with one attached hydrogen (secondary N) is 1. The number of fused-ring (bicyclic) bond motifs is 1. The van der Waals surface area contributed by atoms with Crippen LogP contribution in [0.4, 0.5) is 13.2 Å². The molecule has 0 saturated heterocycles. The lowest BCUT2D eigenvalue weighted by Crippen LogP contribution is -2.38. The van der Waals surface area contributed by atoms with E-state index in [1.165, 1.54) is 0 Å². The lowest BCUT2D eigenvalue weighted by molar-refractivity contribution is -0.137. The van der Waals surface area contributed by atoms with Gasteiger partial charge in [0.05, 0.1) is 28.8 Å². The second kappa shape index (κ2) is 8.27. The molecule has 2 N–H and O–H groups in total. The van der Waals surface area contributed by atoms with Crippen molar-refractivity contribution in [3.05, 3.63) is 59.9 Å². The van der Waals surface area contributed by atoms with E-state index in [4.69, 9.17) is 4.74 Å². The van der Waals surface area contributed by atoms with Crippen molar-refractivity contribution in [2.45, 2.75) is 32.0 Å². The number of halogens is 3. The van der Waals surface area contributed by atoms with Gasteiger partial charge in [-0.2, -0.15) is 13.2 Å². The zero-order chi connectivity index (χ0) is 21.9. The Kier molecular flexibility index (Phi) is 5.93. The number of pyridine rings is 2. The van der Waals surface area contributed by atoms with Gasteiger partial charge in [0.2, 0.25) is 11.8 Å². The minimum Gasteiger partial charge on any atom is -0.439 e. The molecule has 0 aliphatic carbocycles. The van der Waals surface area contributed by atoms with Crippen molar-refractivity contribution >= 4 is 16.8 Å². The van der Waals surface area contributed by atoms with Gasteiger partial charge in [0.15, 0.2) is 0 Å². The highest BCUT2D eigenvalue weighted by molar-refractivity contribution is 5.82. The van der Waals surface area contributed by atoms with Crippen LogP contribution in [0.2, 0.25) is 0 Å². The minimum atomic E-state index is -4.46. The molecule has 158 valence electrons. The molecule has 2 aromatic heterocycles. The summed E-state index contributed by atoms with van der Waals surface area (Å²) in [4.78, 5) is 20.1. The van der Waals surface area contributed by atoms with Crippen molar-refractivity contribution < 1.29 is 27.8 Å². The maximum absolute atomic E-state index is 12.6. The van der Waals surface area contributed by atoms with Gasteiger partial charge in [0, 0.05) is 24.2 Å². The van der Waals surface area contributed by atoms with E-state index >= 15 is 0 Å². The molecule has 0 radical (unpaired) electrons. The molecule has 0 aliphatic heterocycles. The first kappa shape index (κ1) is 21.5. The summed E-state index contributed by atoms with van der Waals surface area (Å²) in [6.07, 6.45) is -3.67. The number of rotatable bonds is 6. The van der Waals surface area contributed by atoms with Crippen LogP contribution in [0.15, 0.2) is 48.7 Å². The Morgan fingerprint density at radius 3 is 2.53 bits per heavy atom. The number of carbonyl (C=O) groups excluding carboxylic acids is 1. The number of amides is 1. The number of hydrogen-bond acceptors (Lipinski definition) is 5. The molecule has 9 heteroatoms. The van der Waals surface area contributed by atoms with Gasteiger partial charge in [-0.15, -0.1) is 0 Å². The van der Waals surface area contributed by atoms with Crippen LogP contribution in [0, 0.1) is 0 Å². The maximum Gasteiger partial charge on any atom is 0.417 e. The molecule has 0 spiro atoms. The number of benzene rings is 1. The van der Waals surface area contributed by atoms with Gasteiger partial charge < -0.3 is 15.2 Å². The quantitative estimate of drug-likeness (QED) is 0.634. The summed E-state index contributed by atoms with van der Waals surface area (Å²) in [5.74, 6) is 0.181. The first-order valence-corrected chi connectivity index (χ1v) is 9.09. The molecule has 2 heterocycles. The van der Waals surface area contributed by atoms with Gasteiger partial charge in [0.1, 0.15) is 5.75 Å². The van der Waals surface area contributed by atoms with Crippen molar-refractivity contribution in [1.29, 1.82) is 0 Å². The molecule has 3 aromatic rings. The zero-order valence-corrected chi connectivity index (χ0v) is 16.3. The second-order valence-electron chi connectivity index (χ2n) is 7.41. The second-order valence-corrected chi connectivity index (χ2v) is 7.41. The maximum atomic E-state index is 12.6. The lowest BCUT2D eigenvalue weighted by atomic mass is 10.1. The molecule has 1 aromatic carbocycles. The number of carbonyl (C=O) groups is 1. The van der Waals surface area contributed by atoms with Crippen LogP contribution in [-0.4, -0.2) is 33.1 Å². The fraction of sp³-hybridized carbons (Fsp3) is 0.286. The molecule has 0 atom stereocenters. The Labute approximate surface area is 170 Å².